The Balaban J connectivity index is 1.39. The SMILES string of the molecule is CC(C)(C)C(=O)COP(=O)(O)COC[C@H]1O[C@@H](n2ccc3c(CC4CCCC4)nc(Cl)nc32)[C@H](O)[C@@H]1O. The van der Waals surface area contributed by atoms with Gasteiger partial charge in [-0.15, -0.1) is 0 Å². The van der Waals surface area contributed by atoms with Crippen LogP contribution in [0.2, 0.25) is 5.28 Å². The van der Waals surface area contributed by atoms with Gasteiger partial charge in [0.1, 0.15) is 36.9 Å². The lowest BCUT2D eigenvalue weighted by atomic mass is 9.91. The summed E-state index contributed by atoms with van der Waals surface area (Å²) in [5.41, 5.74) is 0.628. The van der Waals surface area contributed by atoms with E-state index in [-0.39, 0.29) is 17.7 Å². The van der Waals surface area contributed by atoms with Crippen LogP contribution >= 0.6 is 19.2 Å². The molecule has 5 atom stereocenters. The third-order valence-corrected chi connectivity index (χ3v) is 8.17. The Labute approximate surface area is 220 Å². The highest BCUT2D eigenvalue weighted by molar-refractivity contribution is 7.52. The van der Waals surface area contributed by atoms with Gasteiger partial charge in [-0.25, -0.2) is 4.98 Å². The molecule has 11 nitrogen and oxygen atoms in total. The van der Waals surface area contributed by atoms with E-state index in [1.807, 2.05) is 6.07 Å². The normalized spacial score (nSPS) is 26.7. The minimum absolute atomic E-state index is 0.0944. The largest absolute Gasteiger partial charge is 0.387 e. The smallest absolute Gasteiger partial charge is 0.353 e. The Kier molecular flexibility index (Phi) is 8.77. The molecule has 1 aliphatic heterocycles. The van der Waals surface area contributed by atoms with Crippen LogP contribution in [0.1, 0.15) is 58.4 Å². The number of hydrogen-bond donors (Lipinski definition) is 3. The summed E-state index contributed by atoms with van der Waals surface area (Å²) in [6.45, 7) is 4.25. The standard InChI is InChI=1S/C24H35ClN3O8P/c1-24(2,3)18(29)12-35-37(32,33)13-34-11-17-19(30)20(31)22(36-17)28-9-8-15-16(10-14-6-4-5-7-14)26-23(25)27-21(15)28/h8-9,14,17,19-20,22,30-31H,4-7,10-13H2,1-3H3,(H,32,33)/t17-,19-,20-,22-/m1/s1. The lowest BCUT2D eigenvalue weighted by molar-refractivity contribution is -0.128. The van der Waals surface area contributed by atoms with Crippen LogP contribution in [-0.2, 0) is 29.8 Å². The number of nitrogens with zero attached hydrogens (tertiary/aromatic N) is 3. The fraction of sp³-hybridized carbons (Fsp3) is 0.708. The number of aromatic nitrogens is 3. The summed E-state index contributed by atoms with van der Waals surface area (Å²) in [7, 11) is -4.21. The average molecular weight is 560 g/mol. The van der Waals surface area contributed by atoms with Gasteiger partial charge in [0.15, 0.2) is 12.0 Å². The first-order valence-electron chi connectivity index (χ1n) is 12.5. The van der Waals surface area contributed by atoms with Crippen LogP contribution in [0.3, 0.4) is 0 Å². The number of halogens is 1. The Bertz CT molecular complexity index is 1160. The monoisotopic (exact) mass is 559 g/mol. The van der Waals surface area contributed by atoms with E-state index in [1.54, 1.807) is 31.5 Å². The van der Waals surface area contributed by atoms with Crippen molar-refractivity contribution in [2.75, 3.05) is 19.6 Å². The average Bonchev–Trinajstić information content (AvgIpc) is 3.53. The molecule has 2 aromatic rings. The minimum Gasteiger partial charge on any atom is -0.387 e. The highest BCUT2D eigenvalue weighted by Gasteiger charge is 2.44. The predicted molar refractivity (Wildman–Crippen MR) is 135 cm³/mol. The van der Waals surface area contributed by atoms with Crippen molar-refractivity contribution in [1.82, 2.24) is 14.5 Å². The molecule has 1 unspecified atom stereocenters. The van der Waals surface area contributed by atoms with Gasteiger partial charge < -0.3 is 29.1 Å². The number of ketones is 1. The summed E-state index contributed by atoms with van der Waals surface area (Å²) < 4.78 is 29.9. The molecule has 2 fully saturated rings. The summed E-state index contributed by atoms with van der Waals surface area (Å²) in [5, 5.41) is 22.2. The fourth-order valence-electron chi connectivity index (χ4n) is 4.71. The maximum atomic E-state index is 12.2. The van der Waals surface area contributed by atoms with E-state index >= 15 is 0 Å². The second-order valence-corrected chi connectivity index (χ2v) is 13.0. The first-order valence-corrected chi connectivity index (χ1v) is 14.6. The molecule has 3 heterocycles. The van der Waals surface area contributed by atoms with E-state index in [0.29, 0.717) is 11.6 Å². The quantitative estimate of drug-likeness (QED) is 0.292. The van der Waals surface area contributed by atoms with E-state index in [2.05, 4.69) is 9.97 Å². The van der Waals surface area contributed by atoms with E-state index in [4.69, 9.17) is 25.6 Å². The first-order chi connectivity index (χ1) is 17.4. The van der Waals surface area contributed by atoms with Gasteiger partial charge >= 0.3 is 7.60 Å². The van der Waals surface area contributed by atoms with Gasteiger partial charge in [-0.1, -0.05) is 46.5 Å². The highest BCUT2D eigenvalue weighted by atomic mass is 35.5. The number of Topliss-reactive ketones (excluding diaryl/α,β-unsaturated/α-hetero) is 1. The molecular weight excluding hydrogens is 525 g/mol. The molecule has 0 spiro atoms. The van der Waals surface area contributed by atoms with Gasteiger partial charge in [0.2, 0.25) is 5.28 Å². The zero-order valence-electron chi connectivity index (χ0n) is 21.2. The number of aliphatic hydroxyl groups is 2. The Morgan fingerprint density at radius 2 is 1.95 bits per heavy atom. The molecule has 3 N–H and O–H groups in total. The number of carbonyl (C=O) groups is 1. The van der Waals surface area contributed by atoms with Crippen molar-refractivity contribution < 1.29 is 38.5 Å². The second-order valence-electron chi connectivity index (χ2n) is 10.9. The lowest BCUT2D eigenvalue weighted by Gasteiger charge is -2.19. The van der Waals surface area contributed by atoms with E-state index in [9.17, 15) is 24.5 Å². The van der Waals surface area contributed by atoms with Crippen LogP contribution in [0.15, 0.2) is 12.3 Å². The Morgan fingerprint density at radius 1 is 1.24 bits per heavy atom. The lowest BCUT2D eigenvalue weighted by Crippen LogP contribution is -2.34. The van der Waals surface area contributed by atoms with Gasteiger partial charge in [-0.3, -0.25) is 13.9 Å². The molecule has 37 heavy (non-hydrogen) atoms. The predicted octanol–water partition coefficient (Wildman–Crippen LogP) is 3.23. The molecule has 2 aliphatic rings. The van der Waals surface area contributed by atoms with Crippen LogP contribution in [0.25, 0.3) is 11.0 Å². The summed E-state index contributed by atoms with van der Waals surface area (Å²) in [5.74, 6) is 0.226. The zero-order chi connectivity index (χ0) is 27.0. The Morgan fingerprint density at radius 3 is 2.62 bits per heavy atom. The van der Waals surface area contributed by atoms with Crippen LogP contribution in [0, 0.1) is 11.3 Å². The van der Waals surface area contributed by atoms with Gasteiger partial charge in [-0.2, -0.15) is 4.98 Å². The number of aliphatic hydroxyl groups excluding tert-OH is 2. The molecule has 2 aromatic heterocycles. The van der Waals surface area contributed by atoms with Crippen LogP contribution in [0.5, 0.6) is 0 Å². The van der Waals surface area contributed by atoms with Gasteiger partial charge in [0, 0.05) is 17.0 Å². The number of ether oxygens (including phenoxy) is 2. The van der Waals surface area contributed by atoms with Crippen molar-refractivity contribution in [3.05, 3.63) is 23.2 Å². The Hall–Kier alpha value is -1.43. The van der Waals surface area contributed by atoms with Crippen LogP contribution in [-0.4, -0.2) is 73.3 Å². The molecule has 0 radical (unpaired) electrons. The van der Waals surface area contributed by atoms with Crippen LogP contribution < -0.4 is 0 Å². The van der Waals surface area contributed by atoms with Gasteiger partial charge in [0.05, 0.1) is 12.3 Å². The van der Waals surface area contributed by atoms with Crippen molar-refractivity contribution in [3.8, 4) is 0 Å². The third kappa shape index (κ3) is 6.78. The molecule has 1 aliphatic carbocycles. The fourth-order valence-corrected chi connectivity index (χ4v) is 5.62. The van der Waals surface area contributed by atoms with Crippen molar-refractivity contribution in [2.45, 2.75) is 77.4 Å². The zero-order valence-corrected chi connectivity index (χ0v) is 22.9. The molecule has 1 saturated heterocycles. The third-order valence-electron chi connectivity index (χ3n) is 6.96. The first kappa shape index (κ1) is 28.6. The summed E-state index contributed by atoms with van der Waals surface area (Å²) in [6.07, 6.45) is 1.95. The number of rotatable bonds is 10. The van der Waals surface area contributed by atoms with Crippen molar-refractivity contribution in [2.24, 2.45) is 11.3 Å². The minimum atomic E-state index is -4.21. The molecule has 4 rings (SSSR count). The van der Waals surface area contributed by atoms with E-state index in [1.165, 1.54) is 12.8 Å². The maximum absolute atomic E-state index is 12.2. The van der Waals surface area contributed by atoms with Gasteiger partial charge in [-0.05, 0) is 30.0 Å². The number of hydrogen-bond acceptors (Lipinski definition) is 9. The summed E-state index contributed by atoms with van der Waals surface area (Å²) in [6, 6.07) is 1.85. The van der Waals surface area contributed by atoms with E-state index in [0.717, 1.165) is 30.3 Å². The number of carbonyl (C=O) groups excluding carboxylic acids is 1. The van der Waals surface area contributed by atoms with Crippen molar-refractivity contribution in [3.63, 3.8) is 0 Å². The summed E-state index contributed by atoms with van der Waals surface area (Å²) >= 11 is 6.23. The van der Waals surface area contributed by atoms with Gasteiger partial charge in [0.25, 0.3) is 0 Å². The second kappa shape index (κ2) is 11.4. The topological polar surface area (TPSA) is 153 Å². The highest BCUT2D eigenvalue weighted by Crippen LogP contribution is 2.42. The molecule has 1 saturated carbocycles. The molecule has 0 amide bonds. The van der Waals surface area contributed by atoms with Crippen molar-refractivity contribution >= 4 is 36.0 Å². The number of fused-ring (bicyclic) bond motifs is 1. The van der Waals surface area contributed by atoms with E-state index < -0.39 is 50.5 Å². The van der Waals surface area contributed by atoms with Crippen molar-refractivity contribution in [1.29, 1.82) is 0 Å². The molecular formula is C24H35ClN3O8P. The maximum Gasteiger partial charge on any atom is 0.353 e. The summed E-state index contributed by atoms with van der Waals surface area (Å²) in [4.78, 5) is 30.7. The molecule has 206 valence electrons. The van der Waals surface area contributed by atoms with Crippen LogP contribution in [0.4, 0.5) is 0 Å². The molecule has 13 heteroatoms. The molecule has 0 bridgehead atoms. The molecule has 0 aromatic carbocycles.